The van der Waals surface area contributed by atoms with Gasteiger partial charge in [0.25, 0.3) is 0 Å². The van der Waals surface area contributed by atoms with E-state index in [1.165, 1.54) is 0 Å². The summed E-state index contributed by atoms with van der Waals surface area (Å²) in [7, 11) is -2.11. The summed E-state index contributed by atoms with van der Waals surface area (Å²) < 4.78 is 0. The van der Waals surface area contributed by atoms with E-state index < -0.39 is 14.0 Å². The normalized spacial score (nSPS) is 22.8. The summed E-state index contributed by atoms with van der Waals surface area (Å²) in [4.78, 5) is 0. The zero-order chi connectivity index (χ0) is 19.5. The summed E-state index contributed by atoms with van der Waals surface area (Å²) in [6.07, 6.45) is 1.98. The van der Waals surface area contributed by atoms with Crippen LogP contribution >= 0.6 is 14.0 Å². The minimum absolute atomic E-state index is 0.437. The van der Waals surface area contributed by atoms with Crippen LogP contribution in [0.5, 0.6) is 0 Å². The van der Waals surface area contributed by atoms with Crippen molar-refractivity contribution in [1.82, 2.24) is 0 Å². The van der Waals surface area contributed by atoms with Gasteiger partial charge in [-0.1, -0.05) is 41.5 Å². The molecule has 2 radical (unpaired) electrons. The molecule has 24 heavy (non-hydrogen) atoms. The van der Waals surface area contributed by atoms with Crippen LogP contribution in [0.4, 0.5) is 0 Å². The molecule has 0 atom stereocenters. The molecule has 1 fully saturated rings. The van der Waals surface area contributed by atoms with E-state index in [2.05, 4.69) is 96.9 Å². The van der Waals surface area contributed by atoms with Gasteiger partial charge in [-0.25, -0.2) is 0 Å². The van der Waals surface area contributed by atoms with Crippen LogP contribution in [0.15, 0.2) is 0 Å². The fourth-order valence-corrected chi connectivity index (χ4v) is 32.4. The molecule has 0 amide bonds. The predicted octanol–water partition coefficient (Wildman–Crippen LogP) is 8.25. The molecule has 0 nitrogen and oxygen atoms in total. The molecule has 1 heterocycles. The van der Waals surface area contributed by atoms with Crippen LogP contribution in [0.2, 0.25) is 10.6 Å². The second-order valence-electron chi connectivity index (χ2n) is 11.6. The Hall–Kier alpha value is 0.990. The molecule has 1 aliphatic rings. The van der Waals surface area contributed by atoms with Crippen molar-refractivity contribution in [3.8, 4) is 0 Å². The number of hydrogen-bond acceptors (Lipinski definition) is 0. The van der Waals surface area contributed by atoms with Gasteiger partial charge in [0, 0.05) is 0 Å². The molecule has 1 saturated heterocycles. The zero-order valence-corrected chi connectivity index (χ0v) is 21.1. The van der Waals surface area contributed by atoms with Gasteiger partial charge in [-0.2, -0.15) is 0 Å². The van der Waals surface area contributed by atoms with Crippen molar-refractivity contribution in [3.63, 3.8) is 0 Å². The largest absolute Gasteiger partial charge is 0.284 e. The minimum atomic E-state index is -1.06. The van der Waals surface area contributed by atoms with Crippen LogP contribution in [0.3, 0.4) is 0 Å². The number of rotatable bonds is 4. The molecule has 0 spiro atoms. The van der Waals surface area contributed by atoms with Crippen LogP contribution in [0.25, 0.3) is 0 Å². The third-order valence-corrected chi connectivity index (χ3v) is 25.3. The third-order valence-electron chi connectivity index (χ3n) is 6.82. The smallest absolute Gasteiger partial charge is 0.192 e. The lowest BCUT2D eigenvalue weighted by Crippen LogP contribution is -2.64. The van der Waals surface area contributed by atoms with Gasteiger partial charge in [-0.3, -0.25) is 14.0 Å². The molecule has 0 aromatic rings. The predicted molar refractivity (Wildman–Crippen MR) is 125 cm³/mol. The quantitative estimate of drug-likeness (QED) is 0.345. The van der Waals surface area contributed by atoms with Crippen molar-refractivity contribution >= 4 is 26.3 Å². The van der Waals surface area contributed by atoms with Crippen LogP contribution < -0.4 is 0 Å². The Labute approximate surface area is 156 Å². The number of hydrogen-bond donors (Lipinski definition) is 0. The van der Waals surface area contributed by atoms with E-state index in [4.69, 9.17) is 0 Å². The van der Waals surface area contributed by atoms with E-state index in [-0.39, 0.29) is 0 Å². The van der Waals surface area contributed by atoms with Gasteiger partial charge in [0.2, 0.25) is 0 Å². The summed E-state index contributed by atoms with van der Waals surface area (Å²) in [5.74, 6) is 0. The third kappa shape index (κ3) is 2.99. The van der Waals surface area contributed by atoms with Gasteiger partial charge in [-0.05, 0) is 78.0 Å². The first-order valence-corrected chi connectivity index (χ1v) is 14.4. The average Bonchev–Trinajstić information content (AvgIpc) is 2.21. The molecule has 0 aromatic heterocycles. The summed E-state index contributed by atoms with van der Waals surface area (Å²) >= 11 is 0. The summed E-state index contributed by atoms with van der Waals surface area (Å²) in [5.41, 5.74) is 3.43. The van der Waals surface area contributed by atoms with Crippen LogP contribution in [0, 0.1) is 0 Å². The zero-order valence-electron chi connectivity index (χ0n) is 19.4. The van der Waals surface area contributed by atoms with E-state index >= 15 is 0 Å². The molecule has 1 rings (SSSR count). The minimum Gasteiger partial charge on any atom is -0.284 e. The highest BCUT2D eigenvalue weighted by Gasteiger charge is 2.74. The van der Waals surface area contributed by atoms with Gasteiger partial charge in [0.15, 0.2) is 12.3 Å². The van der Waals surface area contributed by atoms with Crippen molar-refractivity contribution in [2.24, 2.45) is 0 Å². The highest BCUT2D eigenvalue weighted by atomic mass is 31.3. The molecule has 4 heteroatoms. The molecule has 0 bridgehead atoms. The van der Waals surface area contributed by atoms with Gasteiger partial charge in [-0.15, -0.1) is 10.6 Å². The first-order chi connectivity index (χ1) is 10.5. The van der Waals surface area contributed by atoms with Crippen molar-refractivity contribution < 1.29 is 0 Å². The highest BCUT2D eigenvalue weighted by molar-refractivity contribution is 8.72. The van der Waals surface area contributed by atoms with E-state index in [0.29, 0.717) is 10.6 Å². The Morgan fingerprint density at radius 1 is 0.458 bits per heavy atom. The van der Waals surface area contributed by atoms with E-state index in [1.807, 2.05) is 0 Å². The Bertz CT molecular complexity index is 372. The molecule has 0 aromatic carbocycles. The fourth-order valence-electron chi connectivity index (χ4n) is 7.03. The lowest BCUT2D eigenvalue weighted by atomic mass is 9.67. The summed E-state index contributed by atoms with van der Waals surface area (Å²) in [6, 6.07) is 0. The molecule has 0 unspecified atom stereocenters. The van der Waals surface area contributed by atoms with Crippen molar-refractivity contribution in [3.05, 3.63) is 0 Å². The van der Waals surface area contributed by atoms with Crippen molar-refractivity contribution in [2.45, 2.75) is 130 Å². The maximum Gasteiger partial charge on any atom is 0.192 e. The monoisotopic (exact) mass is 370 g/mol. The molecule has 0 aliphatic carbocycles. The molecule has 1 aliphatic heterocycles. The van der Waals surface area contributed by atoms with Crippen molar-refractivity contribution in [1.29, 1.82) is 0 Å². The lowest BCUT2D eigenvalue weighted by molar-refractivity contribution is 0.741. The Morgan fingerprint density at radius 3 is 0.708 bits per heavy atom. The Balaban J connectivity index is 3.88. The van der Waals surface area contributed by atoms with Gasteiger partial charge in [0.1, 0.15) is 0 Å². The van der Waals surface area contributed by atoms with Gasteiger partial charge in [0.05, 0.1) is 0 Å². The van der Waals surface area contributed by atoms with Gasteiger partial charge >= 0.3 is 0 Å². The molecular formula is C20H46B2P2. The van der Waals surface area contributed by atoms with Crippen LogP contribution in [-0.4, -0.2) is 34.9 Å². The molecule has 0 N–H and O–H groups in total. The molecular weight excluding hydrogens is 324 g/mol. The molecule has 0 saturated carbocycles. The Kier molecular flexibility index (Phi) is 6.58. The lowest BCUT2D eigenvalue weighted by Gasteiger charge is -2.85. The van der Waals surface area contributed by atoms with Crippen LogP contribution in [0.1, 0.15) is 96.9 Å². The second kappa shape index (κ2) is 6.86. The van der Waals surface area contributed by atoms with Gasteiger partial charge < -0.3 is 0 Å². The maximum atomic E-state index is 2.57. The second-order valence-corrected chi connectivity index (χ2v) is 22.2. The fraction of sp³-hybridized carbons (Fsp3) is 1.00. The first kappa shape index (κ1) is 23.0. The SMILES string of the molecule is CC(C)[P+]1(C(C)C)[B-](C(C)(C)C)[P+](C(C)C)(C(C)C)[B-]1C(C)(C)C. The summed E-state index contributed by atoms with van der Waals surface area (Å²) in [6.45, 7) is 35.9. The van der Waals surface area contributed by atoms with Crippen LogP contribution in [-0.2, 0) is 0 Å². The van der Waals surface area contributed by atoms with E-state index in [1.54, 1.807) is 0 Å². The first-order valence-electron chi connectivity index (χ1n) is 10.3. The van der Waals surface area contributed by atoms with E-state index in [0.717, 1.165) is 34.9 Å². The Morgan fingerprint density at radius 2 is 0.625 bits per heavy atom. The molecule has 142 valence electrons. The summed E-state index contributed by atoms with van der Waals surface area (Å²) in [5, 5.41) is 0.874. The van der Waals surface area contributed by atoms with E-state index in [9.17, 15) is 0 Å². The topological polar surface area (TPSA) is 0 Å². The maximum absolute atomic E-state index is 2.57. The average molecular weight is 370 g/mol. The highest BCUT2D eigenvalue weighted by Crippen LogP contribution is 3.05. The standard InChI is InChI=1S/C20H46B2P2/c1-15(2)23(16(3)4)21(19(9,10)11)24(17(5)6,18(7)8)22(23)20(12,13)14/h15-18H,1-14H3. The van der Waals surface area contributed by atoms with Crippen molar-refractivity contribution in [2.75, 3.05) is 0 Å².